The number of nitrogens with one attached hydrogen (secondary N) is 1. The molecule has 3 rings (SSSR count). The van der Waals surface area contributed by atoms with E-state index in [-0.39, 0.29) is 42.8 Å². The molecule has 6 heteroatoms. The number of halogens is 1. The highest BCUT2D eigenvalue weighted by atomic mass is 35.5. The van der Waals surface area contributed by atoms with E-state index in [1.165, 1.54) is 0 Å². The number of piperazine rings is 1. The van der Waals surface area contributed by atoms with E-state index in [2.05, 4.69) is 5.32 Å². The third kappa shape index (κ3) is 3.04. The SMILES string of the molecule is Cc1ccc(N)cc1C(=O)N1CC(=O)NC2CCCCC21.Cl. The van der Waals surface area contributed by atoms with Crippen molar-refractivity contribution in [1.82, 2.24) is 10.2 Å². The van der Waals surface area contributed by atoms with Gasteiger partial charge >= 0.3 is 0 Å². The smallest absolute Gasteiger partial charge is 0.254 e. The molecular formula is C16H22ClN3O2. The number of fused-ring (bicyclic) bond motifs is 1. The lowest BCUT2D eigenvalue weighted by Gasteiger charge is -2.44. The van der Waals surface area contributed by atoms with Gasteiger partial charge in [-0.1, -0.05) is 18.9 Å². The summed E-state index contributed by atoms with van der Waals surface area (Å²) in [6.07, 6.45) is 4.13. The van der Waals surface area contributed by atoms with Gasteiger partial charge in [-0.25, -0.2) is 0 Å². The van der Waals surface area contributed by atoms with Gasteiger partial charge in [-0.3, -0.25) is 9.59 Å². The number of carbonyl (C=O) groups excluding carboxylic acids is 2. The summed E-state index contributed by atoms with van der Waals surface area (Å²) in [6, 6.07) is 5.57. The predicted octanol–water partition coefficient (Wildman–Crippen LogP) is 1.88. The first-order valence-corrected chi connectivity index (χ1v) is 7.53. The Balaban J connectivity index is 0.00000176. The topological polar surface area (TPSA) is 75.4 Å². The van der Waals surface area contributed by atoms with Crippen molar-refractivity contribution in [3.8, 4) is 0 Å². The molecular weight excluding hydrogens is 302 g/mol. The van der Waals surface area contributed by atoms with Crippen LogP contribution in [0.4, 0.5) is 5.69 Å². The van der Waals surface area contributed by atoms with E-state index in [4.69, 9.17) is 5.73 Å². The Morgan fingerprint density at radius 2 is 2.05 bits per heavy atom. The van der Waals surface area contributed by atoms with Crippen LogP contribution in [0, 0.1) is 6.92 Å². The first kappa shape index (κ1) is 16.6. The molecule has 0 aromatic heterocycles. The number of hydrogen-bond donors (Lipinski definition) is 2. The van der Waals surface area contributed by atoms with Gasteiger partial charge in [0.15, 0.2) is 0 Å². The molecule has 0 spiro atoms. The van der Waals surface area contributed by atoms with Crippen LogP contribution in [0.1, 0.15) is 41.6 Å². The van der Waals surface area contributed by atoms with Gasteiger partial charge in [0.2, 0.25) is 5.91 Å². The Kier molecular flexibility index (Phi) is 4.96. The van der Waals surface area contributed by atoms with E-state index in [9.17, 15) is 9.59 Å². The van der Waals surface area contributed by atoms with E-state index in [1.54, 1.807) is 17.0 Å². The molecule has 2 aliphatic rings. The minimum Gasteiger partial charge on any atom is -0.399 e. The molecule has 1 aromatic carbocycles. The van der Waals surface area contributed by atoms with Crippen molar-refractivity contribution in [2.24, 2.45) is 0 Å². The first-order valence-electron chi connectivity index (χ1n) is 7.53. The highest BCUT2D eigenvalue weighted by Gasteiger charge is 2.39. The van der Waals surface area contributed by atoms with Gasteiger partial charge < -0.3 is 16.0 Å². The zero-order chi connectivity index (χ0) is 15.0. The van der Waals surface area contributed by atoms with Crippen LogP contribution in [0.25, 0.3) is 0 Å². The minimum absolute atomic E-state index is 0. The third-order valence-electron chi connectivity index (χ3n) is 4.54. The van der Waals surface area contributed by atoms with Crippen LogP contribution in [0.3, 0.4) is 0 Å². The summed E-state index contributed by atoms with van der Waals surface area (Å²) in [4.78, 5) is 26.5. The van der Waals surface area contributed by atoms with Crippen molar-refractivity contribution < 1.29 is 9.59 Å². The fourth-order valence-electron chi connectivity index (χ4n) is 3.42. The number of amides is 2. The number of hydrogen-bond acceptors (Lipinski definition) is 3. The number of aryl methyl sites for hydroxylation is 1. The van der Waals surface area contributed by atoms with Crippen molar-refractivity contribution in [3.63, 3.8) is 0 Å². The second-order valence-electron chi connectivity index (χ2n) is 6.03. The zero-order valence-corrected chi connectivity index (χ0v) is 13.5. The Morgan fingerprint density at radius 1 is 1.32 bits per heavy atom. The summed E-state index contributed by atoms with van der Waals surface area (Å²) < 4.78 is 0. The second-order valence-corrected chi connectivity index (χ2v) is 6.03. The fraction of sp³-hybridized carbons (Fsp3) is 0.500. The van der Waals surface area contributed by atoms with Gasteiger partial charge in [0, 0.05) is 17.3 Å². The van der Waals surface area contributed by atoms with Gasteiger partial charge in [0.1, 0.15) is 6.54 Å². The molecule has 1 aliphatic carbocycles. The maximum atomic E-state index is 12.9. The van der Waals surface area contributed by atoms with Crippen LogP contribution >= 0.6 is 12.4 Å². The molecule has 1 aromatic rings. The first-order chi connectivity index (χ1) is 10.1. The van der Waals surface area contributed by atoms with Crippen LogP contribution in [0.15, 0.2) is 18.2 Å². The van der Waals surface area contributed by atoms with Gasteiger partial charge in [0.05, 0.1) is 6.04 Å². The summed E-state index contributed by atoms with van der Waals surface area (Å²) in [5.74, 6) is -0.139. The van der Waals surface area contributed by atoms with Crippen LogP contribution in [0.2, 0.25) is 0 Å². The van der Waals surface area contributed by atoms with E-state index in [1.807, 2.05) is 13.0 Å². The van der Waals surface area contributed by atoms with Crippen molar-refractivity contribution in [2.75, 3.05) is 12.3 Å². The van der Waals surface area contributed by atoms with Crippen LogP contribution < -0.4 is 11.1 Å². The number of nitrogens with two attached hydrogens (primary N) is 1. The largest absolute Gasteiger partial charge is 0.399 e. The second kappa shape index (κ2) is 6.57. The Morgan fingerprint density at radius 3 is 2.82 bits per heavy atom. The Labute approximate surface area is 136 Å². The summed E-state index contributed by atoms with van der Waals surface area (Å²) in [7, 11) is 0. The molecule has 5 nitrogen and oxygen atoms in total. The molecule has 3 N–H and O–H groups in total. The van der Waals surface area contributed by atoms with Crippen LogP contribution in [0.5, 0.6) is 0 Å². The van der Waals surface area contributed by atoms with Crippen molar-refractivity contribution >= 4 is 29.9 Å². The molecule has 0 bridgehead atoms. The maximum Gasteiger partial charge on any atom is 0.254 e. The van der Waals surface area contributed by atoms with E-state index in [0.29, 0.717) is 11.3 Å². The highest BCUT2D eigenvalue weighted by Crippen LogP contribution is 2.28. The van der Waals surface area contributed by atoms with Gasteiger partial charge in [-0.05, 0) is 37.5 Å². The zero-order valence-electron chi connectivity index (χ0n) is 12.7. The molecule has 1 saturated heterocycles. The average Bonchev–Trinajstić information content (AvgIpc) is 2.48. The molecule has 22 heavy (non-hydrogen) atoms. The lowest BCUT2D eigenvalue weighted by atomic mass is 9.87. The quantitative estimate of drug-likeness (QED) is 0.775. The summed E-state index contributed by atoms with van der Waals surface area (Å²) in [5, 5.41) is 3.02. The molecule has 1 aliphatic heterocycles. The van der Waals surface area contributed by atoms with E-state index < -0.39 is 0 Å². The molecule has 2 atom stereocenters. The van der Waals surface area contributed by atoms with Crippen molar-refractivity contribution in [2.45, 2.75) is 44.7 Å². The van der Waals surface area contributed by atoms with Gasteiger partial charge in [-0.15, -0.1) is 12.4 Å². The number of anilines is 1. The van der Waals surface area contributed by atoms with Crippen LogP contribution in [-0.4, -0.2) is 35.3 Å². The monoisotopic (exact) mass is 323 g/mol. The molecule has 2 amide bonds. The standard InChI is InChI=1S/C16H21N3O2.ClH/c1-10-6-7-11(17)8-12(10)16(21)19-9-15(20)18-13-4-2-3-5-14(13)19;/h6-8,13-14H,2-5,9,17H2,1H3,(H,18,20);1H. The van der Waals surface area contributed by atoms with Crippen molar-refractivity contribution in [3.05, 3.63) is 29.3 Å². The predicted molar refractivity (Wildman–Crippen MR) is 88.1 cm³/mol. The normalized spacial score (nSPS) is 24.0. The molecule has 2 fully saturated rings. The van der Waals surface area contributed by atoms with Crippen LogP contribution in [-0.2, 0) is 4.79 Å². The lowest BCUT2D eigenvalue weighted by molar-refractivity contribution is -0.127. The lowest BCUT2D eigenvalue weighted by Crippen LogP contribution is -2.62. The average molecular weight is 324 g/mol. The summed E-state index contributed by atoms with van der Waals surface area (Å²) in [6.45, 7) is 2.04. The summed E-state index contributed by atoms with van der Waals surface area (Å²) >= 11 is 0. The third-order valence-corrected chi connectivity index (χ3v) is 4.54. The van der Waals surface area contributed by atoms with E-state index in [0.717, 1.165) is 31.2 Å². The Hall–Kier alpha value is -1.75. The fourth-order valence-corrected chi connectivity index (χ4v) is 3.42. The molecule has 1 saturated carbocycles. The maximum absolute atomic E-state index is 12.9. The van der Waals surface area contributed by atoms with Gasteiger partial charge in [0.25, 0.3) is 5.91 Å². The molecule has 1 heterocycles. The molecule has 0 radical (unpaired) electrons. The number of carbonyl (C=O) groups is 2. The number of rotatable bonds is 1. The minimum atomic E-state index is -0.0773. The molecule has 2 unspecified atom stereocenters. The number of benzene rings is 1. The van der Waals surface area contributed by atoms with Crippen molar-refractivity contribution in [1.29, 1.82) is 0 Å². The summed E-state index contributed by atoms with van der Waals surface area (Å²) in [5.41, 5.74) is 7.88. The Bertz CT molecular complexity index is 591. The number of nitrogens with zero attached hydrogens (tertiary/aromatic N) is 1. The molecule has 120 valence electrons. The van der Waals surface area contributed by atoms with Gasteiger partial charge in [-0.2, -0.15) is 0 Å². The highest BCUT2D eigenvalue weighted by molar-refractivity contribution is 5.99. The van der Waals surface area contributed by atoms with E-state index >= 15 is 0 Å². The number of nitrogen functional groups attached to an aromatic ring is 1.